The van der Waals surface area contributed by atoms with Crippen molar-refractivity contribution < 1.29 is 9.13 Å². The van der Waals surface area contributed by atoms with Crippen molar-refractivity contribution in [1.29, 1.82) is 0 Å². The zero-order chi connectivity index (χ0) is 13.7. The van der Waals surface area contributed by atoms with E-state index < -0.39 is 0 Å². The van der Waals surface area contributed by atoms with Crippen molar-refractivity contribution in [1.82, 2.24) is 4.98 Å². The van der Waals surface area contributed by atoms with Gasteiger partial charge in [0.25, 0.3) is 0 Å². The van der Waals surface area contributed by atoms with E-state index in [9.17, 15) is 4.39 Å². The minimum Gasteiger partial charge on any atom is -0.487 e. The van der Waals surface area contributed by atoms with Crippen LogP contribution in [0.5, 0.6) is 5.75 Å². The molecule has 1 heterocycles. The average Bonchev–Trinajstić information content (AvgIpc) is 2.38. The number of aryl methyl sites for hydroxylation is 1. The Balaban J connectivity index is 2.10. The van der Waals surface area contributed by atoms with Crippen molar-refractivity contribution in [3.63, 3.8) is 0 Å². The molecular weight excluding hydrogens is 243 g/mol. The Morgan fingerprint density at radius 1 is 1.26 bits per heavy atom. The quantitative estimate of drug-likeness (QED) is 0.899. The van der Waals surface area contributed by atoms with Gasteiger partial charge in [0.2, 0.25) is 0 Å². The summed E-state index contributed by atoms with van der Waals surface area (Å²) in [5.74, 6) is 0.450. The maximum absolute atomic E-state index is 13.1. The van der Waals surface area contributed by atoms with Gasteiger partial charge in [-0.3, -0.25) is 4.98 Å². The second kappa shape index (κ2) is 6.29. The maximum atomic E-state index is 13.1. The summed E-state index contributed by atoms with van der Waals surface area (Å²) in [6, 6.07) is 10.1. The van der Waals surface area contributed by atoms with E-state index >= 15 is 0 Å². The van der Waals surface area contributed by atoms with E-state index in [2.05, 4.69) is 4.98 Å². The van der Waals surface area contributed by atoms with Gasteiger partial charge in [0, 0.05) is 12.1 Å². The molecule has 0 unspecified atom stereocenters. The molecule has 0 atom stereocenters. The number of ether oxygens (including phenoxy) is 1. The monoisotopic (exact) mass is 260 g/mol. The molecule has 0 aliphatic carbocycles. The van der Waals surface area contributed by atoms with Gasteiger partial charge in [-0.15, -0.1) is 0 Å². The summed E-state index contributed by atoms with van der Waals surface area (Å²) in [6.07, 6.45) is 0.667. The van der Waals surface area contributed by atoms with Gasteiger partial charge in [0.15, 0.2) is 0 Å². The number of nitrogens with two attached hydrogens (primary N) is 1. The van der Waals surface area contributed by atoms with Crippen molar-refractivity contribution in [3.8, 4) is 5.75 Å². The van der Waals surface area contributed by atoms with Gasteiger partial charge in [-0.25, -0.2) is 4.39 Å². The van der Waals surface area contributed by atoms with Gasteiger partial charge in [0.05, 0.1) is 5.69 Å². The van der Waals surface area contributed by atoms with Crippen LogP contribution in [0.4, 0.5) is 4.39 Å². The summed E-state index contributed by atoms with van der Waals surface area (Å²) >= 11 is 0. The number of nitrogens with zero attached hydrogens (tertiary/aromatic N) is 1. The number of aromatic nitrogens is 1. The minimum atomic E-state index is -0.259. The highest BCUT2D eigenvalue weighted by Crippen LogP contribution is 2.19. The van der Waals surface area contributed by atoms with E-state index in [0.29, 0.717) is 25.3 Å². The average molecular weight is 260 g/mol. The highest BCUT2D eigenvalue weighted by atomic mass is 19.1. The molecule has 0 spiro atoms. The lowest BCUT2D eigenvalue weighted by Crippen LogP contribution is -2.08. The molecule has 0 radical (unpaired) electrons. The Hall–Kier alpha value is -1.94. The molecule has 2 rings (SSSR count). The number of rotatable bonds is 5. The molecule has 1 aromatic heterocycles. The zero-order valence-electron chi connectivity index (χ0n) is 10.9. The van der Waals surface area contributed by atoms with E-state index in [0.717, 1.165) is 17.0 Å². The number of halogens is 1. The molecule has 0 aliphatic heterocycles. The van der Waals surface area contributed by atoms with Gasteiger partial charge in [-0.2, -0.15) is 0 Å². The van der Waals surface area contributed by atoms with Crippen LogP contribution in [0.25, 0.3) is 0 Å². The van der Waals surface area contributed by atoms with Gasteiger partial charge in [-0.1, -0.05) is 12.1 Å². The van der Waals surface area contributed by atoms with Crippen LogP contribution in [0.15, 0.2) is 36.4 Å². The summed E-state index contributed by atoms with van der Waals surface area (Å²) in [5, 5.41) is 0. The molecule has 2 N–H and O–H groups in total. The zero-order valence-corrected chi connectivity index (χ0v) is 10.9. The third-order valence-corrected chi connectivity index (χ3v) is 2.74. The van der Waals surface area contributed by atoms with Crippen LogP contribution in [0.2, 0.25) is 0 Å². The summed E-state index contributed by atoms with van der Waals surface area (Å²) in [5.41, 5.74) is 8.13. The van der Waals surface area contributed by atoms with E-state index in [1.54, 1.807) is 6.07 Å². The lowest BCUT2D eigenvalue weighted by atomic mass is 10.2. The Morgan fingerprint density at radius 2 is 2.11 bits per heavy atom. The first kappa shape index (κ1) is 13.5. The molecule has 0 amide bonds. The molecule has 2 aromatic rings. The van der Waals surface area contributed by atoms with Crippen molar-refractivity contribution in [2.24, 2.45) is 5.73 Å². The summed E-state index contributed by atoms with van der Waals surface area (Å²) in [7, 11) is 0. The molecule has 0 bridgehead atoms. The highest BCUT2D eigenvalue weighted by Gasteiger charge is 2.06. The van der Waals surface area contributed by atoms with E-state index in [1.165, 1.54) is 12.1 Å². The van der Waals surface area contributed by atoms with Crippen LogP contribution in [-0.4, -0.2) is 11.5 Å². The number of hydrogen-bond acceptors (Lipinski definition) is 3. The molecule has 0 aliphatic rings. The van der Waals surface area contributed by atoms with Gasteiger partial charge in [0.1, 0.15) is 18.2 Å². The Labute approximate surface area is 112 Å². The molecule has 3 nitrogen and oxygen atoms in total. The van der Waals surface area contributed by atoms with Crippen LogP contribution in [-0.2, 0) is 13.0 Å². The minimum absolute atomic E-state index is 0.259. The van der Waals surface area contributed by atoms with Crippen LogP contribution in [0, 0.1) is 12.7 Å². The Kier molecular flexibility index (Phi) is 4.47. The fourth-order valence-electron chi connectivity index (χ4n) is 1.83. The predicted octanol–water partition coefficient (Wildman–Crippen LogP) is 2.61. The normalized spacial score (nSPS) is 10.5. The summed E-state index contributed by atoms with van der Waals surface area (Å²) in [6.45, 7) is 2.77. The fourth-order valence-corrected chi connectivity index (χ4v) is 1.83. The standard InChI is InChI=1S/C15H17FN2O/c1-11-5-6-15(14(18-11)7-8-17)19-10-12-3-2-4-13(16)9-12/h2-6,9H,7-8,10,17H2,1H3. The smallest absolute Gasteiger partial charge is 0.141 e. The number of hydrogen-bond donors (Lipinski definition) is 1. The van der Waals surface area contributed by atoms with Crippen molar-refractivity contribution in [2.45, 2.75) is 20.0 Å². The SMILES string of the molecule is Cc1ccc(OCc2cccc(F)c2)c(CCN)n1. The van der Waals surface area contributed by atoms with Crippen LogP contribution in [0.3, 0.4) is 0 Å². The molecular formula is C15H17FN2O. The van der Waals surface area contributed by atoms with E-state index in [4.69, 9.17) is 10.5 Å². The fraction of sp³-hybridized carbons (Fsp3) is 0.267. The van der Waals surface area contributed by atoms with Gasteiger partial charge < -0.3 is 10.5 Å². The van der Waals surface area contributed by atoms with E-state index in [-0.39, 0.29) is 5.82 Å². The lowest BCUT2D eigenvalue weighted by molar-refractivity contribution is 0.300. The summed E-state index contributed by atoms with van der Waals surface area (Å²) in [4.78, 5) is 4.41. The predicted molar refractivity (Wildman–Crippen MR) is 72.5 cm³/mol. The third kappa shape index (κ3) is 3.76. The first-order valence-corrected chi connectivity index (χ1v) is 6.23. The van der Waals surface area contributed by atoms with Crippen LogP contribution < -0.4 is 10.5 Å². The molecule has 0 fully saturated rings. The third-order valence-electron chi connectivity index (χ3n) is 2.74. The van der Waals surface area contributed by atoms with Crippen LogP contribution in [0.1, 0.15) is 17.0 Å². The van der Waals surface area contributed by atoms with Crippen LogP contribution >= 0.6 is 0 Å². The molecule has 19 heavy (non-hydrogen) atoms. The largest absolute Gasteiger partial charge is 0.487 e. The lowest BCUT2D eigenvalue weighted by Gasteiger charge is -2.11. The van der Waals surface area contributed by atoms with Crippen molar-refractivity contribution in [2.75, 3.05) is 6.54 Å². The first-order valence-electron chi connectivity index (χ1n) is 6.23. The molecule has 0 saturated heterocycles. The van der Waals surface area contributed by atoms with Crippen molar-refractivity contribution in [3.05, 3.63) is 59.2 Å². The molecule has 4 heteroatoms. The van der Waals surface area contributed by atoms with Gasteiger partial charge >= 0.3 is 0 Å². The maximum Gasteiger partial charge on any atom is 0.141 e. The van der Waals surface area contributed by atoms with Gasteiger partial charge in [-0.05, 0) is 43.3 Å². The van der Waals surface area contributed by atoms with Crippen molar-refractivity contribution >= 4 is 0 Å². The summed E-state index contributed by atoms with van der Waals surface area (Å²) < 4.78 is 18.8. The number of pyridine rings is 1. The first-order chi connectivity index (χ1) is 9.19. The second-order valence-corrected chi connectivity index (χ2v) is 4.35. The molecule has 100 valence electrons. The Bertz CT molecular complexity index is 558. The molecule has 1 aromatic carbocycles. The number of benzene rings is 1. The second-order valence-electron chi connectivity index (χ2n) is 4.35. The van der Waals surface area contributed by atoms with E-state index in [1.807, 2.05) is 25.1 Å². The Morgan fingerprint density at radius 3 is 2.84 bits per heavy atom. The highest BCUT2D eigenvalue weighted by molar-refractivity contribution is 5.30. The molecule has 0 saturated carbocycles. The topological polar surface area (TPSA) is 48.1 Å².